The maximum Gasteiger partial charge on any atom is 0.253 e. The molecule has 2 aliphatic rings. The molecule has 160 valence electrons. The zero-order valence-electron chi connectivity index (χ0n) is 17.7. The smallest absolute Gasteiger partial charge is 0.253 e. The molecule has 2 fully saturated rings. The number of H-pyrrole nitrogens is 2. The van der Waals surface area contributed by atoms with E-state index in [0.717, 1.165) is 63.5 Å². The van der Waals surface area contributed by atoms with Crippen LogP contribution in [0.2, 0.25) is 0 Å². The zero-order valence-corrected chi connectivity index (χ0v) is 17.7. The molecule has 0 amide bonds. The lowest BCUT2D eigenvalue weighted by Crippen LogP contribution is -2.29. The molecule has 0 radical (unpaired) electrons. The van der Waals surface area contributed by atoms with Gasteiger partial charge in [-0.05, 0) is 49.9 Å². The molecule has 0 spiro atoms. The second-order valence-corrected chi connectivity index (χ2v) is 8.49. The number of carbonyl (C=O) groups is 1. The van der Waals surface area contributed by atoms with E-state index in [1.807, 2.05) is 12.1 Å². The average molecular weight is 411 g/mol. The van der Waals surface area contributed by atoms with E-state index in [1.54, 1.807) is 26.0 Å². The van der Waals surface area contributed by atoms with Gasteiger partial charge in [-0.25, -0.2) is 0 Å². The van der Waals surface area contributed by atoms with Crippen molar-refractivity contribution in [3.05, 3.63) is 56.1 Å². The summed E-state index contributed by atoms with van der Waals surface area (Å²) in [6.45, 7) is 7.25. The molecule has 7 nitrogen and oxygen atoms in total. The van der Waals surface area contributed by atoms with Crippen LogP contribution in [0, 0.1) is 0 Å². The van der Waals surface area contributed by atoms with Gasteiger partial charge in [-0.2, -0.15) is 0 Å². The highest BCUT2D eigenvalue weighted by Crippen LogP contribution is 2.25. The van der Waals surface area contributed by atoms with Gasteiger partial charge < -0.3 is 19.8 Å². The molecule has 0 aliphatic carbocycles. The third-order valence-corrected chi connectivity index (χ3v) is 6.53. The molecule has 2 N–H and O–H groups in total. The molecule has 4 heterocycles. The summed E-state index contributed by atoms with van der Waals surface area (Å²) in [7, 11) is 0. The van der Waals surface area contributed by atoms with Gasteiger partial charge >= 0.3 is 0 Å². The molecule has 2 atom stereocenters. The van der Waals surface area contributed by atoms with E-state index in [-0.39, 0.29) is 16.9 Å². The predicted octanol–water partition coefficient (Wildman–Crippen LogP) is 2.74. The van der Waals surface area contributed by atoms with Crippen molar-refractivity contribution < 1.29 is 4.79 Å². The summed E-state index contributed by atoms with van der Waals surface area (Å²) < 4.78 is 0. The van der Waals surface area contributed by atoms with Crippen molar-refractivity contribution in [1.29, 1.82) is 0 Å². The lowest BCUT2D eigenvalue weighted by Gasteiger charge is -2.20. The molecule has 2 saturated heterocycles. The third-order valence-electron chi connectivity index (χ3n) is 6.53. The first-order valence-corrected chi connectivity index (χ1v) is 11.0. The monoisotopic (exact) mass is 410 g/mol. The number of aromatic nitrogens is 2. The van der Waals surface area contributed by atoms with Crippen molar-refractivity contribution in [2.45, 2.75) is 51.4 Å². The Morgan fingerprint density at radius 2 is 1.10 bits per heavy atom. The molecule has 0 bridgehead atoms. The van der Waals surface area contributed by atoms with Crippen LogP contribution in [0.4, 0.5) is 11.6 Å². The molecule has 2 aromatic heterocycles. The average Bonchev–Trinajstić information content (AvgIpc) is 3.46. The Bertz CT molecular complexity index is 948. The minimum atomic E-state index is -0.589. The van der Waals surface area contributed by atoms with E-state index in [2.05, 4.69) is 19.8 Å². The minimum absolute atomic E-state index is 0.131. The van der Waals surface area contributed by atoms with Crippen molar-refractivity contribution in [1.82, 2.24) is 9.97 Å². The number of rotatable bonds is 6. The fraction of sp³-hybridized carbons (Fsp3) is 0.522. The lowest BCUT2D eigenvalue weighted by molar-refractivity contribution is -0.121. The summed E-state index contributed by atoms with van der Waals surface area (Å²) in [6, 6.07) is 7.27. The van der Waals surface area contributed by atoms with Gasteiger partial charge in [-0.1, -0.05) is 13.8 Å². The van der Waals surface area contributed by atoms with Crippen molar-refractivity contribution in [3.8, 4) is 0 Å². The number of aromatic amines is 2. The highest BCUT2D eigenvalue weighted by atomic mass is 16.1. The van der Waals surface area contributed by atoms with Gasteiger partial charge in [0.15, 0.2) is 0 Å². The molecular formula is C23H30N4O3. The number of hydrogen-bond acceptors (Lipinski definition) is 5. The van der Waals surface area contributed by atoms with Crippen LogP contribution in [0.15, 0.2) is 33.9 Å². The van der Waals surface area contributed by atoms with Crippen LogP contribution in [-0.2, 0) is 4.79 Å². The Hall–Kier alpha value is -2.83. The molecule has 7 heteroatoms. The van der Waals surface area contributed by atoms with Gasteiger partial charge in [0.25, 0.3) is 11.1 Å². The fourth-order valence-electron chi connectivity index (χ4n) is 4.60. The molecule has 0 saturated carbocycles. The second kappa shape index (κ2) is 8.50. The highest BCUT2D eigenvalue weighted by molar-refractivity contribution is 5.91. The summed E-state index contributed by atoms with van der Waals surface area (Å²) in [5.74, 6) is 0.308. The maximum absolute atomic E-state index is 13.1. The van der Waals surface area contributed by atoms with E-state index in [9.17, 15) is 14.4 Å². The number of hydrogen-bond donors (Lipinski definition) is 2. The van der Waals surface area contributed by atoms with E-state index in [1.165, 1.54) is 0 Å². The van der Waals surface area contributed by atoms with E-state index >= 15 is 0 Å². The van der Waals surface area contributed by atoms with Crippen molar-refractivity contribution >= 4 is 17.4 Å². The molecule has 2 aliphatic heterocycles. The number of anilines is 2. The number of nitrogens with one attached hydrogen (secondary N) is 2. The largest absolute Gasteiger partial charge is 0.358 e. The fourth-order valence-corrected chi connectivity index (χ4v) is 4.60. The number of carbonyl (C=O) groups excluding carboxylic acids is 1. The third kappa shape index (κ3) is 3.93. The lowest BCUT2D eigenvalue weighted by atomic mass is 9.86. The summed E-state index contributed by atoms with van der Waals surface area (Å²) in [5, 5.41) is 0. The highest BCUT2D eigenvalue weighted by Gasteiger charge is 2.27. The predicted molar refractivity (Wildman–Crippen MR) is 119 cm³/mol. The van der Waals surface area contributed by atoms with Crippen LogP contribution in [0.3, 0.4) is 0 Å². The molecule has 30 heavy (non-hydrogen) atoms. The number of ketones is 1. The van der Waals surface area contributed by atoms with Gasteiger partial charge in [0.05, 0.1) is 0 Å². The van der Waals surface area contributed by atoms with Gasteiger partial charge in [0.2, 0.25) is 0 Å². The van der Waals surface area contributed by atoms with E-state index in [4.69, 9.17) is 0 Å². The van der Waals surface area contributed by atoms with Crippen LogP contribution >= 0.6 is 0 Å². The minimum Gasteiger partial charge on any atom is -0.358 e. The van der Waals surface area contributed by atoms with Crippen LogP contribution in [0.5, 0.6) is 0 Å². The van der Waals surface area contributed by atoms with Gasteiger partial charge in [0, 0.05) is 49.1 Å². The Morgan fingerprint density at radius 1 is 0.733 bits per heavy atom. The number of nitrogens with zero attached hydrogens (tertiary/aromatic N) is 2. The van der Waals surface area contributed by atoms with Crippen molar-refractivity contribution in [3.63, 3.8) is 0 Å². The molecular weight excluding hydrogens is 380 g/mol. The quantitative estimate of drug-likeness (QED) is 0.764. The standard InChI is InChI=1S/C23H30N4O3/c1-15(17-7-9-19(24-22(17)29)26-11-3-4-12-26)21(28)16(2)18-8-10-20(25-23(18)30)27-13-5-6-14-27/h7-10,15-16H,3-6,11-14H2,1-2H3,(H,24,29)(H,25,30). The SMILES string of the molecule is CC(C(=O)C(C)c1ccc(N2CCCC2)[nH]c1=O)c1ccc(N2CCCC2)[nH]c1=O. The number of Topliss-reactive ketones (excluding diaryl/α,β-unsaturated/α-hetero) is 1. The summed E-state index contributed by atoms with van der Waals surface area (Å²) >= 11 is 0. The van der Waals surface area contributed by atoms with Gasteiger partial charge in [0.1, 0.15) is 17.4 Å². The number of pyridine rings is 2. The van der Waals surface area contributed by atoms with Crippen LogP contribution in [0.25, 0.3) is 0 Å². The first-order chi connectivity index (χ1) is 14.5. The first-order valence-electron chi connectivity index (χ1n) is 11.0. The Balaban J connectivity index is 1.52. The Kier molecular flexibility index (Phi) is 5.79. The summed E-state index contributed by atoms with van der Waals surface area (Å²) in [4.78, 5) is 48.6. The van der Waals surface area contributed by atoms with Crippen molar-refractivity contribution in [2.24, 2.45) is 0 Å². The van der Waals surface area contributed by atoms with Crippen LogP contribution < -0.4 is 20.9 Å². The maximum atomic E-state index is 13.1. The molecule has 2 aromatic rings. The second-order valence-electron chi connectivity index (χ2n) is 8.49. The molecule has 4 rings (SSSR count). The molecule has 0 aromatic carbocycles. The van der Waals surface area contributed by atoms with Gasteiger partial charge in [-0.15, -0.1) is 0 Å². The van der Waals surface area contributed by atoms with Crippen LogP contribution in [-0.4, -0.2) is 41.9 Å². The Labute approximate surface area is 176 Å². The van der Waals surface area contributed by atoms with E-state index < -0.39 is 11.8 Å². The van der Waals surface area contributed by atoms with Crippen molar-refractivity contribution in [2.75, 3.05) is 36.0 Å². The summed E-state index contributed by atoms with van der Waals surface area (Å²) in [5.41, 5.74) is 0.427. The normalized spacial score (nSPS) is 18.6. The topological polar surface area (TPSA) is 89.3 Å². The van der Waals surface area contributed by atoms with Crippen LogP contribution in [0.1, 0.15) is 62.5 Å². The zero-order chi connectivity index (χ0) is 21.3. The van der Waals surface area contributed by atoms with E-state index in [0.29, 0.717) is 11.1 Å². The Morgan fingerprint density at radius 3 is 1.43 bits per heavy atom. The first kappa shape index (κ1) is 20.4. The summed E-state index contributed by atoms with van der Waals surface area (Å²) in [6.07, 6.45) is 4.51. The molecule has 2 unspecified atom stereocenters. The van der Waals surface area contributed by atoms with Gasteiger partial charge in [-0.3, -0.25) is 14.4 Å².